The summed E-state index contributed by atoms with van der Waals surface area (Å²) in [5, 5.41) is 3.39. The second-order valence-electron chi connectivity index (χ2n) is 7.34. The van der Waals surface area contributed by atoms with Crippen LogP contribution < -0.4 is 5.32 Å². The summed E-state index contributed by atoms with van der Waals surface area (Å²) in [6.45, 7) is 6.04. The maximum Gasteiger partial charge on any atom is 0.271 e. The van der Waals surface area contributed by atoms with Crippen molar-refractivity contribution in [2.75, 3.05) is 33.7 Å². The molecule has 1 aromatic heterocycles. The monoisotopic (exact) mass is 380 g/mol. The van der Waals surface area contributed by atoms with Crippen LogP contribution in [0.2, 0.25) is 0 Å². The molecule has 1 aliphatic rings. The molecule has 1 aliphatic heterocycles. The first-order chi connectivity index (χ1) is 13.4. The summed E-state index contributed by atoms with van der Waals surface area (Å²) in [7, 11) is 3.38. The third-order valence-corrected chi connectivity index (χ3v) is 5.22. The van der Waals surface area contributed by atoms with Crippen LogP contribution >= 0.6 is 0 Å². The molecule has 2 amide bonds. The van der Waals surface area contributed by atoms with Crippen LogP contribution in [0.3, 0.4) is 0 Å². The summed E-state index contributed by atoms with van der Waals surface area (Å²) in [5.41, 5.74) is 3.89. The quantitative estimate of drug-likeness (QED) is 0.885. The molecule has 0 radical (unpaired) electrons. The fraction of sp³-hybridized carbons (Fsp3) is 0.409. The summed E-state index contributed by atoms with van der Waals surface area (Å²) in [6, 6.07) is 11.8. The third kappa shape index (κ3) is 4.07. The van der Waals surface area contributed by atoms with Crippen LogP contribution in [0.5, 0.6) is 0 Å². The van der Waals surface area contributed by atoms with E-state index >= 15 is 0 Å². The number of piperazine rings is 1. The van der Waals surface area contributed by atoms with Gasteiger partial charge in [-0.3, -0.25) is 9.59 Å². The van der Waals surface area contributed by atoms with Gasteiger partial charge in [0, 0.05) is 33.7 Å². The topological polar surface area (TPSA) is 65.5 Å². The Bertz CT molecular complexity index is 861. The van der Waals surface area contributed by atoms with Gasteiger partial charge >= 0.3 is 0 Å². The zero-order valence-corrected chi connectivity index (χ0v) is 17.0. The highest BCUT2D eigenvalue weighted by Crippen LogP contribution is 2.25. The second kappa shape index (κ2) is 8.52. The lowest BCUT2D eigenvalue weighted by Gasteiger charge is -2.37. The van der Waals surface area contributed by atoms with Gasteiger partial charge in [0.05, 0.1) is 17.3 Å². The van der Waals surface area contributed by atoms with E-state index in [1.54, 1.807) is 33.2 Å². The molecule has 148 valence electrons. The summed E-state index contributed by atoms with van der Waals surface area (Å²) < 4.78 is 0. The van der Waals surface area contributed by atoms with Gasteiger partial charge in [-0.05, 0) is 36.6 Å². The van der Waals surface area contributed by atoms with Crippen LogP contribution in [-0.2, 0) is 6.42 Å². The molecule has 2 aromatic rings. The van der Waals surface area contributed by atoms with E-state index in [0.717, 1.165) is 25.1 Å². The lowest BCUT2D eigenvalue weighted by atomic mass is 9.99. The molecule has 0 spiro atoms. The predicted molar refractivity (Wildman–Crippen MR) is 109 cm³/mol. The fourth-order valence-corrected chi connectivity index (χ4v) is 3.51. The highest BCUT2D eigenvalue weighted by Gasteiger charge is 2.29. The van der Waals surface area contributed by atoms with E-state index < -0.39 is 0 Å². The summed E-state index contributed by atoms with van der Waals surface area (Å²) >= 11 is 0. The SMILES string of the molecule is CCc1ccc(C2CNCCN2C(=O)c2ccc(C(=O)N(C)C)nc2C)cc1. The number of carbonyl (C=O) groups is 2. The molecule has 0 bridgehead atoms. The molecular weight excluding hydrogens is 352 g/mol. The van der Waals surface area contributed by atoms with Gasteiger partial charge in [0.2, 0.25) is 0 Å². The number of pyridine rings is 1. The van der Waals surface area contributed by atoms with Crippen molar-refractivity contribution in [2.24, 2.45) is 0 Å². The maximum absolute atomic E-state index is 13.3. The first kappa shape index (κ1) is 20.0. The van der Waals surface area contributed by atoms with Crippen LogP contribution in [0.15, 0.2) is 36.4 Å². The number of aryl methyl sites for hydroxylation is 2. The van der Waals surface area contributed by atoms with Crippen molar-refractivity contribution in [1.82, 2.24) is 20.1 Å². The van der Waals surface area contributed by atoms with E-state index in [2.05, 4.69) is 41.5 Å². The Morgan fingerprint density at radius 1 is 1.18 bits per heavy atom. The molecule has 0 saturated carbocycles. The Balaban J connectivity index is 1.87. The molecule has 1 unspecified atom stereocenters. The van der Waals surface area contributed by atoms with E-state index in [-0.39, 0.29) is 17.9 Å². The lowest BCUT2D eigenvalue weighted by molar-refractivity contribution is 0.0632. The number of hydrogen-bond donors (Lipinski definition) is 1. The number of benzene rings is 1. The Morgan fingerprint density at radius 2 is 1.89 bits per heavy atom. The molecule has 6 nitrogen and oxygen atoms in total. The molecule has 0 aliphatic carbocycles. The minimum Gasteiger partial charge on any atom is -0.343 e. The lowest BCUT2D eigenvalue weighted by Crippen LogP contribution is -2.48. The van der Waals surface area contributed by atoms with Crippen LogP contribution in [0.4, 0.5) is 0 Å². The number of aromatic nitrogens is 1. The third-order valence-electron chi connectivity index (χ3n) is 5.22. The highest BCUT2D eigenvalue weighted by molar-refractivity contribution is 5.97. The number of hydrogen-bond acceptors (Lipinski definition) is 4. The molecule has 3 rings (SSSR count). The Labute approximate surface area is 166 Å². The van der Waals surface area contributed by atoms with E-state index in [9.17, 15) is 9.59 Å². The van der Waals surface area contributed by atoms with Crippen LogP contribution in [0, 0.1) is 6.92 Å². The molecule has 1 atom stereocenters. The minimum atomic E-state index is -0.168. The second-order valence-corrected chi connectivity index (χ2v) is 7.34. The molecule has 1 aromatic carbocycles. The average Bonchev–Trinajstić information content (AvgIpc) is 2.72. The Morgan fingerprint density at radius 3 is 2.50 bits per heavy atom. The number of nitrogens with one attached hydrogen (secondary N) is 1. The van der Waals surface area contributed by atoms with Gasteiger partial charge < -0.3 is 15.1 Å². The zero-order valence-electron chi connectivity index (χ0n) is 17.0. The van der Waals surface area contributed by atoms with Gasteiger partial charge in [-0.15, -0.1) is 0 Å². The van der Waals surface area contributed by atoms with Crippen LogP contribution in [0.1, 0.15) is 50.6 Å². The van der Waals surface area contributed by atoms with E-state index in [0.29, 0.717) is 23.5 Å². The number of nitrogens with zero attached hydrogens (tertiary/aromatic N) is 3. The zero-order chi connectivity index (χ0) is 20.3. The van der Waals surface area contributed by atoms with Crippen molar-refractivity contribution in [3.63, 3.8) is 0 Å². The van der Waals surface area contributed by atoms with Crippen LogP contribution in [0.25, 0.3) is 0 Å². The largest absolute Gasteiger partial charge is 0.343 e. The van der Waals surface area contributed by atoms with Crippen LogP contribution in [-0.4, -0.2) is 60.3 Å². The minimum absolute atomic E-state index is 0.0189. The van der Waals surface area contributed by atoms with Crippen molar-refractivity contribution in [3.8, 4) is 0 Å². The molecule has 2 heterocycles. The Hall–Kier alpha value is -2.73. The summed E-state index contributed by atoms with van der Waals surface area (Å²) in [4.78, 5) is 33.2. The fourth-order valence-electron chi connectivity index (χ4n) is 3.51. The molecule has 1 saturated heterocycles. The van der Waals surface area contributed by atoms with E-state index in [1.807, 2.05) is 4.90 Å². The number of carbonyl (C=O) groups excluding carboxylic acids is 2. The van der Waals surface area contributed by atoms with Gasteiger partial charge in [0.15, 0.2) is 0 Å². The predicted octanol–water partition coefficient (Wildman–Crippen LogP) is 2.44. The van der Waals surface area contributed by atoms with Gasteiger partial charge in [-0.1, -0.05) is 31.2 Å². The summed E-state index contributed by atoms with van der Waals surface area (Å²) in [5.74, 6) is -0.210. The van der Waals surface area contributed by atoms with Crippen molar-refractivity contribution in [2.45, 2.75) is 26.3 Å². The average molecular weight is 380 g/mol. The van der Waals surface area contributed by atoms with Crippen molar-refractivity contribution < 1.29 is 9.59 Å². The molecule has 28 heavy (non-hydrogen) atoms. The Kier molecular flexibility index (Phi) is 6.09. The molecule has 1 fully saturated rings. The van der Waals surface area contributed by atoms with Crippen molar-refractivity contribution in [1.29, 1.82) is 0 Å². The normalized spacial score (nSPS) is 16.7. The van der Waals surface area contributed by atoms with Gasteiger partial charge in [-0.2, -0.15) is 0 Å². The molecule has 6 heteroatoms. The highest BCUT2D eigenvalue weighted by atomic mass is 16.2. The van der Waals surface area contributed by atoms with Gasteiger partial charge in [0.25, 0.3) is 11.8 Å². The van der Waals surface area contributed by atoms with Gasteiger partial charge in [-0.25, -0.2) is 4.98 Å². The van der Waals surface area contributed by atoms with Crippen molar-refractivity contribution in [3.05, 3.63) is 64.5 Å². The van der Waals surface area contributed by atoms with Crippen molar-refractivity contribution >= 4 is 11.8 Å². The number of rotatable bonds is 4. The number of amides is 2. The van der Waals surface area contributed by atoms with Gasteiger partial charge in [0.1, 0.15) is 5.69 Å². The standard InChI is InChI=1S/C22H28N4O2/c1-5-16-6-8-17(9-7-16)20-14-23-12-13-26(20)21(27)18-10-11-19(24-15(18)2)22(28)25(3)4/h6-11,20,23H,5,12-14H2,1-4H3. The molecule has 1 N–H and O–H groups in total. The first-order valence-corrected chi connectivity index (χ1v) is 9.72. The van der Waals surface area contributed by atoms with E-state index in [1.165, 1.54) is 10.5 Å². The maximum atomic E-state index is 13.3. The molecular formula is C22H28N4O2. The first-order valence-electron chi connectivity index (χ1n) is 9.72. The smallest absolute Gasteiger partial charge is 0.271 e. The van der Waals surface area contributed by atoms with E-state index in [4.69, 9.17) is 0 Å². The summed E-state index contributed by atoms with van der Waals surface area (Å²) in [6.07, 6.45) is 0.995.